The molecule has 1 heterocycles. The molecule has 7 heteroatoms. The van der Waals surface area contributed by atoms with Crippen LogP contribution in [0.2, 0.25) is 0 Å². The highest BCUT2D eigenvalue weighted by atomic mass is 16.4. The van der Waals surface area contributed by atoms with Crippen LogP contribution in [0.25, 0.3) is 0 Å². The Hall–Kier alpha value is -1.92. The minimum absolute atomic E-state index is 0.0388. The van der Waals surface area contributed by atoms with Crippen LogP contribution >= 0.6 is 0 Å². The lowest BCUT2D eigenvalue weighted by Gasteiger charge is -1.95. The van der Waals surface area contributed by atoms with Gasteiger partial charge in [-0.3, -0.25) is 14.7 Å². The smallest absolute Gasteiger partial charge is 0.322 e. The summed E-state index contributed by atoms with van der Waals surface area (Å²) in [5.74, 6) is -1.15. The van der Waals surface area contributed by atoms with Gasteiger partial charge in [0, 0.05) is 6.42 Å². The molecule has 76 valence electrons. The van der Waals surface area contributed by atoms with E-state index in [1.807, 2.05) is 6.92 Å². The molecular weight excluding hydrogens is 188 g/mol. The van der Waals surface area contributed by atoms with Crippen LogP contribution in [0.4, 0.5) is 0 Å². The third kappa shape index (κ3) is 2.54. The van der Waals surface area contributed by atoms with Crippen molar-refractivity contribution in [1.82, 2.24) is 20.5 Å². The van der Waals surface area contributed by atoms with E-state index in [9.17, 15) is 9.59 Å². The summed E-state index contributed by atoms with van der Waals surface area (Å²) in [6.07, 6.45) is 0.638. The van der Waals surface area contributed by atoms with Crippen LogP contribution in [0.15, 0.2) is 0 Å². The first kappa shape index (κ1) is 10.2. The Labute approximate surface area is 79.5 Å². The molecule has 0 aliphatic rings. The van der Waals surface area contributed by atoms with Gasteiger partial charge in [-0.25, -0.2) is 4.98 Å². The maximum atomic E-state index is 11.2. The number of rotatable bonds is 4. The van der Waals surface area contributed by atoms with Gasteiger partial charge in [-0.2, -0.15) is 0 Å². The molecule has 0 fully saturated rings. The molecule has 0 aliphatic carbocycles. The van der Waals surface area contributed by atoms with Crippen LogP contribution in [0, 0.1) is 0 Å². The van der Waals surface area contributed by atoms with Crippen molar-refractivity contribution in [2.75, 3.05) is 6.54 Å². The first-order valence-electron chi connectivity index (χ1n) is 4.04. The van der Waals surface area contributed by atoms with Crippen LogP contribution in [0.5, 0.6) is 0 Å². The minimum atomic E-state index is -1.11. The zero-order valence-corrected chi connectivity index (χ0v) is 7.57. The van der Waals surface area contributed by atoms with Crippen molar-refractivity contribution in [1.29, 1.82) is 0 Å². The second kappa shape index (κ2) is 4.35. The van der Waals surface area contributed by atoms with Crippen LogP contribution in [-0.4, -0.2) is 38.7 Å². The number of carbonyl (C=O) groups is 2. The normalized spacial score (nSPS) is 9.79. The molecule has 14 heavy (non-hydrogen) atoms. The van der Waals surface area contributed by atoms with E-state index >= 15 is 0 Å². The van der Waals surface area contributed by atoms with E-state index in [0.717, 1.165) is 0 Å². The van der Waals surface area contributed by atoms with E-state index in [-0.39, 0.29) is 5.82 Å². The molecule has 1 rings (SSSR count). The van der Waals surface area contributed by atoms with Crippen LogP contribution < -0.4 is 5.32 Å². The maximum Gasteiger partial charge on any atom is 0.322 e. The molecule has 1 amide bonds. The van der Waals surface area contributed by atoms with E-state index in [4.69, 9.17) is 5.11 Å². The summed E-state index contributed by atoms with van der Waals surface area (Å²) in [5, 5.41) is 16.6. The van der Waals surface area contributed by atoms with E-state index in [0.29, 0.717) is 12.2 Å². The number of H-pyrrole nitrogens is 1. The highest BCUT2D eigenvalue weighted by Crippen LogP contribution is 1.92. The highest BCUT2D eigenvalue weighted by Gasteiger charge is 2.12. The molecule has 0 saturated carbocycles. The first-order valence-corrected chi connectivity index (χ1v) is 4.04. The molecule has 1 aromatic heterocycles. The number of carboxylic acids is 1. The largest absolute Gasteiger partial charge is 0.480 e. The Morgan fingerprint density at radius 3 is 2.79 bits per heavy atom. The van der Waals surface area contributed by atoms with Gasteiger partial charge in [0.1, 0.15) is 12.4 Å². The molecule has 0 aromatic carbocycles. The van der Waals surface area contributed by atoms with Crippen LogP contribution in [0.3, 0.4) is 0 Å². The molecule has 0 bridgehead atoms. The summed E-state index contributed by atoms with van der Waals surface area (Å²) in [5.41, 5.74) is 0. The predicted octanol–water partition coefficient (Wildman–Crippen LogP) is -0.819. The van der Waals surface area contributed by atoms with Gasteiger partial charge in [0.15, 0.2) is 0 Å². The minimum Gasteiger partial charge on any atom is -0.480 e. The van der Waals surface area contributed by atoms with Crippen molar-refractivity contribution in [3.05, 3.63) is 11.6 Å². The third-order valence-electron chi connectivity index (χ3n) is 1.47. The van der Waals surface area contributed by atoms with E-state index in [1.165, 1.54) is 0 Å². The van der Waals surface area contributed by atoms with Crippen molar-refractivity contribution in [3.63, 3.8) is 0 Å². The van der Waals surface area contributed by atoms with E-state index in [2.05, 4.69) is 20.5 Å². The van der Waals surface area contributed by atoms with Crippen molar-refractivity contribution in [2.45, 2.75) is 13.3 Å². The zero-order valence-electron chi connectivity index (χ0n) is 7.57. The summed E-state index contributed by atoms with van der Waals surface area (Å²) < 4.78 is 0. The van der Waals surface area contributed by atoms with Crippen LogP contribution in [-0.2, 0) is 11.2 Å². The Morgan fingerprint density at radius 2 is 2.29 bits per heavy atom. The fourth-order valence-electron chi connectivity index (χ4n) is 0.790. The molecule has 3 N–H and O–H groups in total. The molecule has 0 spiro atoms. The summed E-state index contributed by atoms with van der Waals surface area (Å²) in [6, 6.07) is 0. The number of aryl methyl sites for hydroxylation is 1. The summed E-state index contributed by atoms with van der Waals surface area (Å²) in [4.78, 5) is 25.1. The topological polar surface area (TPSA) is 108 Å². The fraction of sp³-hybridized carbons (Fsp3) is 0.429. The van der Waals surface area contributed by atoms with Crippen LogP contribution in [0.1, 0.15) is 23.4 Å². The lowest BCUT2D eigenvalue weighted by molar-refractivity contribution is -0.135. The highest BCUT2D eigenvalue weighted by molar-refractivity contribution is 5.92. The summed E-state index contributed by atoms with van der Waals surface area (Å²) in [7, 11) is 0. The van der Waals surface area contributed by atoms with E-state index in [1.54, 1.807) is 0 Å². The number of aromatic amines is 1. The number of carboxylic acid groups (broad SMARTS) is 1. The Kier molecular flexibility index (Phi) is 3.16. The molecule has 1 aromatic rings. The summed E-state index contributed by atoms with van der Waals surface area (Å²) >= 11 is 0. The van der Waals surface area contributed by atoms with Gasteiger partial charge in [0.25, 0.3) is 5.91 Å². The van der Waals surface area contributed by atoms with Crippen molar-refractivity contribution in [2.24, 2.45) is 0 Å². The Balaban J connectivity index is 2.56. The van der Waals surface area contributed by atoms with Gasteiger partial charge in [-0.05, 0) is 0 Å². The van der Waals surface area contributed by atoms with Gasteiger partial charge in [0.05, 0.1) is 0 Å². The second-order valence-corrected chi connectivity index (χ2v) is 2.54. The average molecular weight is 198 g/mol. The summed E-state index contributed by atoms with van der Waals surface area (Å²) in [6.45, 7) is 1.42. The molecule has 7 nitrogen and oxygen atoms in total. The molecule has 0 unspecified atom stereocenters. The third-order valence-corrected chi connectivity index (χ3v) is 1.47. The van der Waals surface area contributed by atoms with Crippen molar-refractivity contribution < 1.29 is 14.7 Å². The Morgan fingerprint density at radius 1 is 1.57 bits per heavy atom. The molecule has 0 saturated heterocycles. The number of carbonyl (C=O) groups excluding carboxylic acids is 1. The van der Waals surface area contributed by atoms with Gasteiger partial charge in [-0.15, -0.1) is 5.10 Å². The Bertz CT molecular complexity index is 346. The monoisotopic (exact) mass is 198 g/mol. The molecule has 0 radical (unpaired) electrons. The van der Waals surface area contributed by atoms with Crippen molar-refractivity contribution in [3.8, 4) is 0 Å². The predicted molar refractivity (Wildman–Crippen MR) is 45.7 cm³/mol. The van der Waals surface area contributed by atoms with Crippen molar-refractivity contribution >= 4 is 11.9 Å². The number of amides is 1. The van der Waals surface area contributed by atoms with Gasteiger partial charge >= 0.3 is 5.97 Å². The van der Waals surface area contributed by atoms with Gasteiger partial charge in [0.2, 0.25) is 5.82 Å². The number of hydrogen-bond acceptors (Lipinski definition) is 4. The molecule has 0 aliphatic heterocycles. The number of aliphatic carboxylic acids is 1. The second-order valence-electron chi connectivity index (χ2n) is 2.54. The molecular formula is C7H10N4O3. The zero-order chi connectivity index (χ0) is 10.6. The number of aromatic nitrogens is 3. The number of hydrogen-bond donors (Lipinski definition) is 3. The standard InChI is InChI=1S/C7H10N4O3/c1-2-4-9-6(11-10-4)7(14)8-3-5(12)13/h2-3H2,1H3,(H,8,14)(H,12,13)(H,9,10,11). The quantitative estimate of drug-likeness (QED) is 0.585. The first-order chi connectivity index (χ1) is 6.63. The number of nitrogens with zero attached hydrogens (tertiary/aromatic N) is 2. The molecule has 0 atom stereocenters. The van der Waals surface area contributed by atoms with Gasteiger partial charge in [-0.1, -0.05) is 6.92 Å². The fourth-order valence-corrected chi connectivity index (χ4v) is 0.790. The lowest BCUT2D eigenvalue weighted by Crippen LogP contribution is -2.30. The lowest BCUT2D eigenvalue weighted by atomic mass is 10.4. The maximum absolute atomic E-state index is 11.2. The number of nitrogens with one attached hydrogen (secondary N) is 2. The SMILES string of the molecule is CCc1nc(C(=O)NCC(=O)O)n[nH]1. The average Bonchev–Trinajstić information content (AvgIpc) is 2.62. The van der Waals surface area contributed by atoms with E-state index < -0.39 is 18.4 Å². The van der Waals surface area contributed by atoms with Gasteiger partial charge < -0.3 is 10.4 Å².